The van der Waals surface area contributed by atoms with Crippen LogP contribution in [0.15, 0.2) is 23.3 Å². The molecule has 1 saturated carbocycles. The minimum atomic E-state index is -0.597. The van der Waals surface area contributed by atoms with Gasteiger partial charge < -0.3 is 42.8 Å². The second-order valence-electron chi connectivity index (χ2n) is 17.2. The Morgan fingerprint density at radius 2 is 1.59 bits per heavy atom. The van der Waals surface area contributed by atoms with E-state index in [9.17, 15) is 9.59 Å². The lowest BCUT2D eigenvalue weighted by Gasteiger charge is -2.44. The molecule has 6 rings (SSSR count). The molecule has 0 aromatic heterocycles. The Bertz CT molecular complexity index is 1350. The quantitative estimate of drug-likeness (QED) is 0.186. The molecule has 11 nitrogen and oxygen atoms in total. The molecule has 6 aliphatic rings. The average molecular weight is 760 g/mol. The van der Waals surface area contributed by atoms with Crippen LogP contribution in [0.25, 0.3) is 0 Å². The van der Waals surface area contributed by atoms with Crippen molar-refractivity contribution in [2.45, 2.75) is 167 Å². The Hall–Kier alpha value is -1.70. The Balaban J connectivity index is 1.23. The fourth-order valence-corrected chi connectivity index (χ4v) is 10.9. The molecule has 0 spiro atoms. The third kappa shape index (κ3) is 8.74. The number of likely N-dealkylation sites (N-methyl/N-ethyl adjacent to an activating group) is 1. The van der Waals surface area contributed by atoms with Gasteiger partial charge in [0.15, 0.2) is 18.4 Å². The molecule has 0 aromatic rings. The molecular formula is C43H69NO10. The maximum absolute atomic E-state index is 14.8. The van der Waals surface area contributed by atoms with Gasteiger partial charge in [0.25, 0.3) is 0 Å². The van der Waals surface area contributed by atoms with Crippen molar-refractivity contribution < 1.29 is 47.5 Å². The van der Waals surface area contributed by atoms with Crippen molar-refractivity contribution in [3.63, 3.8) is 0 Å². The molecule has 54 heavy (non-hydrogen) atoms. The van der Waals surface area contributed by atoms with Crippen LogP contribution in [-0.4, -0.2) is 119 Å². The third-order valence-electron chi connectivity index (χ3n) is 13.7. The summed E-state index contributed by atoms with van der Waals surface area (Å²) in [5.74, 6) is 0.00892. The fourth-order valence-electron chi connectivity index (χ4n) is 10.9. The molecule has 1 unspecified atom stereocenters. The molecule has 17 atom stereocenters. The molecule has 0 bridgehead atoms. The molecule has 3 aliphatic heterocycles. The molecule has 3 saturated heterocycles. The van der Waals surface area contributed by atoms with Crippen LogP contribution in [0.4, 0.5) is 0 Å². The van der Waals surface area contributed by atoms with Crippen LogP contribution in [0.2, 0.25) is 0 Å². The van der Waals surface area contributed by atoms with E-state index in [0.29, 0.717) is 25.0 Å². The van der Waals surface area contributed by atoms with Gasteiger partial charge in [-0.05, 0) is 122 Å². The Morgan fingerprint density at radius 3 is 2.26 bits per heavy atom. The summed E-state index contributed by atoms with van der Waals surface area (Å²) < 4.78 is 50.3. The van der Waals surface area contributed by atoms with Crippen molar-refractivity contribution in [2.24, 2.45) is 35.5 Å². The zero-order valence-electron chi connectivity index (χ0n) is 34.6. The predicted octanol–water partition coefficient (Wildman–Crippen LogP) is 6.27. The first-order chi connectivity index (χ1) is 25.9. The lowest BCUT2D eigenvalue weighted by molar-refractivity contribution is -0.317. The monoisotopic (exact) mass is 759 g/mol. The van der Waals surface area contributed by atoms with E-state index < -0.39 is 12.4 Å². The normalized spacial score (nSPS) is 44.7. The smallest absolute Gasteiger partial charge is 0.306 e. The van der Waals surface area contributed by atoms with Crippen molar-refractivity contribution in [3.8, 4) is 0 Å². The molecule has 306 valence electrons. The number of Topliss-reactive ketones (excluding diaryl/α,β-unsaturated/α-hetero) is 1. The number of fused-ring (bicyclic) bond motifs is 5. The Morgan fingerprint density at radius 1 is 0.833 bits per heavy atom. The number of ether oxygens (including phenoxy) is 8. The summed E-state index contributed by atoms with van der Waals surface area (Å²) in [4.78, 5) is 30.6. The van der Waals surface area contributed by atoms with E-state index in [-0.39, 0.29) is 96.8 Å². The highest BCUT2D eigenvalue weighted by Crippen LogP contribution is 2.56. The fraction of sp³-hybridized carbons (Fsp3) is 0.860. The summed E-state index contributed by atoms with van der Waals surface area (Å²) >= 11 is 0. The van der Waals surface area contributed by atoms with E-state index >= 15 is 0 Å². The number of allylic oxidation sites excluding steroid dienone is 4. The molecule has 0 aromatic carbocycles. The highest BCUT2D eigenvalue weighted by Gasteiger charge is 2.54. The molecule has 11 heteroatoms. The van der Waals surface area contributed by atoms with E-state index in [4.69, 9.17) is 37.9 Å². The highest BCUT2D eigenvalue weighted by atomic mass is 16.7. The number of carbonyl (C=O) groups excluding carboxylic acids is 2. The van der Waals surface area contributed by atoms with Crippen molar-refractivity contribution >= 4 is 11.8 Å². The summed E-state index contributed by atoms with van der Waals surface area (Å²) in [7, 11) is 7.53. The first kappa shape index (κ1) is 41.9. The van der Waals surface area contributed by atoms with Crippen molar-refractivity contribution in [1.82, 2.24) is 4.90 Å². The molecule has 3 heterocycles. The van der Waals surface area contributed by atoms with E-state index in [1.54, 1.807) is 14.2 Å². The summed E-state index contributed by atoms with van der Waals surface area (Å²) in [5, 5.41) is 0. The predicted molar refractivity (Wildman–Crippen MR) is 203 cm³/mol. The maximum atomic E-state index is 14.8. The number of methoxy groups -OCH3 is 2. The maximum Gasteiger partial charge on any atom is 0.306 e. The van der Waals surface area contributed by atoms with Gasteiger partial charge in [-0.3, -0.25) is 9.59 Å². The van der Waals surface area contributed by atoms with E-state index in [1.807, 2.05) is 20.8 Å². The number of esters is 1. The molecule has 0 radical (unpaired) electrons. The largest absolute Gasteiger partial charge is 0.462 e. The summed E-state index contributed by atoms with van der Waals surface area (Å²) in [6.07, 6.45) is 8.61. The van der Waals surface area contributed by atoms with Gasteiger partial charge in [-0.25, -0.2) is 0 Å². The zero-order chi connectivity index (χ0) is 38.8. The van der Waals surface area contributed by atoms with Crippen molar-refractivity contribution in [3.05, 3.63) is 23.3 Å². The lowest BCUT2D eigenvalue weighted by Crippen LogP contribution is -2.60. The van der Waals surface area contributed by atoms with Crippen LogP contribution >= 0.6 is 0 Å². The first-order valence-corrected chi connectivity index (χ1v) is 21.0. The second kappa shape index (κ2) is 18.3. The van der Waals surface area contributed by atoms with Crippen LogP contribution in [-0.2, 0) is 47.5 Å². The topological polar surface area (TPSA) is 111 Å². The van der Waals surface area contributed by atoms with Gasteiger partial charge in [0, 0.05) is 38.7 Å². The number of cyclic esters (lactones) is 1. The number of rotatable bonds is 10. The lowest BCUT2D eigenvalue weighted by atomic mass is 9.67. The van der Waals surface area contributed by atoms with Gasteiger partial charge in [-0.2, -0.15) is 0 Å². The summed E-state index contributed by atoms with van der Waals surface area (Å²) in [6, 6.07) is 0.337. The standard InChI is InChI=1S/C43H69NO10/c1-11-27-14-13-15-36(54-38-17-16-35(44(7)8)25(5)50-38)24(4)39(46)34-21-32-30(33(34)22-37(45)52-27)18-23(3)29-19-28(20-31(29)32)53-43-42(48-10)41(49-12-2)40(47-9)26(6)51-43/h18,21,24-33,35-36,38,40-43H,11-17,19-20,22H2,1-10H3/t24-,25-,26+,27+,28-,29+,30-,31-,32-,33+,35+,36+,38+,40+,41-,42-,43?/m1/s1. The minimum Gasteiger partial charge on any atom is -0.462 e. The molecule has 4 fully saturated rings. The van der Waals surface area contributed by atoms with Gasteiger partial charge in [-0.1, -0.05) is 31.6 Å². The van der Waals surface area contributed by atoms with E-state index in [0.717, 1.165) is 50.5 Å². The van der Waals surface area contributed by atoms with Gasteiger partial charge in [0.2, 0.25) is 0 Å². The van der Waals surface area contributed by atoms with Crippen LogP contribution in [0.3, 0.4) is 0 Å². The molecule has 0 amide bonds. The number of nitrogens with zero attached hydrogens (tertiary/aromatic N) is 1. The highest BCUT2D eigenvalue weighted by molar-refractivity contribution is 5.99. The van der Waals surface area contributed by atoms with Gasteiger partial charge in [0.05, 0.1) is 30.8 Å². The van der Waals surface area contributed by atoms with E-state index in [1.165, 1.54) is 5.57 Å². The van der Waals surface area contributed by atoms with Crippen molar-refractivity contribution in [2.75, 3.05) is 34.9 Å². The van der Waals surface area contributed by atoms with Gasteiger partial charge >= 0.3 is 5.97 Å². The Labute approximate surface area is 324 Å². The minimum absolute atomic E-state index is 0.0361. The third-order valence-corrected chi connectivity index (χ3v) is 13.7. The van der Waals surface area contributed by atoms with Crippen LogP contribution in [0, 0.1) is 35.5 Å². The van der Waals surface area contributed by atoms with Crippen LogP contribution < -0.4 is 0 Å². The Kier molecular flexibility index (Phi) is 14.2. The SMILES string of the molecule is CCO[C@@H]1[C@@H](OC)[C@H](C)OC(O[C@H]2C[C@H]3[C@@H]4C=C5C(=O)[C@H](C)[C@@H](O[C@H]6CC[C@H](N(C)C)[C@@H](C)O6)CCC[C@H](CC)OC(=O)C[C@H]5[C@@H]4C=C(C)[C@@H]3C2)[C@@H]1OC. The molecule has 3 aliphatic carbocycles. The van der Waals surface area contributed by atoms with E-state index in [2.05, 4.69) is 51.9 Å². The molecule has 0 N–H and O–H groups in total. The second-order valence-corrected chi connectivity index (χ2v) is 17.2. The number of hydrogen-bond acceptors (Lipinski definition) is 11. The van der Waals surface area contributed by atoms with Gasteiger partial charge in [0.1, 0.15) is 24.4 Å². The number of hydrogen-bond donors (Lipinski definition) is 0. The summed E-state index contributed by atoms with van der Waals surface area (Å²) in [6.45, 7) is 12.9. The number of ketones is 1. The first-order valence-electron chi connectivity index (χ1n) is 21.0. The van der Waals surface area contributed by atoms with Crippen LogP contribution in [0.1, 0.15) is 99.3 Å². The number of carbonyl (C=O) groups is 2. The van der Waals surface area contributed by atoms with Crippen molar-refractivity contribution in [1.29, 1.82) is 0 Å². The van der Waals surface area contributed by atoms with Gasteiger partial charge in [-0.15, -0.1) is 0 Å². The van der Waals surface area contributed by atoms with Crippen LogP contribution in [0.5, 0.6) is 0 Å². The molecular weight excluding hydrogens is 690 g/mol. The zero-order valence-corrected chi connectivity index (χ0v) is 34.6. The average Bonchev–Trinajstić information content (AvgIpc) is 3.71. The summed E-state index contributed by atoms with van der Waals surface area (Å²) in [5.41, 5.74) is 2.08.